The van der Waals surface area contributed by atoms with Crippen molar-refractivity contribution < 1.29 is 14.2 Å². The van der Waals surface area contributed by atoms with Crippen LogP contribution in [0, 0.1) is 17.1 Å². The highest BCUT2D eigenvalue weighted by atomic mass is 19.1. The number of benzene rings is 1. The number of morpholine rings is 1. The number of nitrogens with zero attached hydrogens (tertiary/aromatic N) is 2. The lowest BCUT2D eigenvalue weighted by molar-refractivity contribution is -0.150. The van der Waals surface area contributed by atoms with Gasteiger partial charge in [-0.1, -0.05) is 0 Å². The van der Waals surface area contributed by atoms with Gasteiger partial charge in [0.15, 0.2) is 0 Å². The third-order valence-corrected chi connectivity index (χ3v) is 3.34. The molecular formula is C15H19FN2O2. The smallest absolute Gasteiger partial charge is 0.123 e. The maximum Gasteiger partial charge on any atom is 0.123 e. The average molecular weight is 278 g/mol. The first kappa shape index (κ1) is 14.9. The largest absolute Gasteiger partial charge is 0.394 e. The lowest BCUT2D eigenvalue weighted by Crippen LogP contribution is -2.53. The zero-order chi connectivity index (χ0) is 14.8. The number of aliphatic hydroxyl groups is 1. The summed E-state index contributed by atoms with van der Waals surface area (Å²) < 4.78 is 19.1. The molecule has 0 aliphatic carbocycles. The van der Waals surface area contributed by atoms with Gasteiger partial charge >= 0.3 is 0 Å². The number of aliphatic hydroxyl groups excluding tert-OH is 1. The molecule has 4 nitrogen and oxygen atoms in total. The monoisotopic (exact) mass is 278 g/mol. The Balaban J connectivity index is 2.17. The lowest BCUT2D eigenvalue weighted by atomic mass is 10.0. The molecule has 1 saturated heterocycles. The maximum atomic E-state index is 13.3. The maximum absolute atomic E-state index is 13.3. The molecule has 20 heavy (non-hydrogen) atoms. The van der Waals surface area contributed by atoms with Crippen LogP contribution in [0.4, 0.5) is 4.39 Å². The van der Waals surface area contributed by atoms with Gasteiger partial charge in [0.2, 0.25) is 0 Å². The van der Waals surface area contributed by atoms with Gasteiger partial charge in [-0.05, 0) is 37.6 Å². The molecule has 1 fully saturated rings. The average Bonchev–Trinajstić information content (AvgIpc) is 2.37. The molecule has 0 saturated carbocycles. The van der Waals surface area contributed by atoms with Gasteiger partial charge in [-0.25, -0.2) is 4.39 Å². The van der Waals surface area contributed by atoms with Crippen molar-refractivity contribution in [2.45, 2.75) is 32.1 Å². The van der Waals surface area contributed by atoms with E-state index in [1.165, 1.54) is 18.2 Å². The van der Waals surface area contributed by atoms with Gasteiger partial charge in [0.05, 0.1) is 29.9 Å². The van der Waals surface area contributed by atoms with Crippen LogP contribution >= 0.6 is 0 Å². The molecule has 1 aliphatic rings. The van der Waals surface area contributed by atoms with E-state index in [1.807, 2.05) is 13.8 Å². The molecule has 0 amide bonds. The summed E-state index contributed by atoms with van der Waals surface area (Å²) >= 11 is 0. The van der Waals surface area contributed by atoms with Crippen molar-refractivity contribution in [3.8, 4) is 6.07 Å². The summed E-state index contributed by atoms with van der Waals surface area (Å²) in [4.78, 5) is 2.08. The number of hydrogen-bond acceptors (Lipinski definition) is 4. The molecule has 5 heteroatoms. The number of halogens is 1. The van der Waals surface area contributed by atoms with Crippen LogP contribution < -0.4 is 0 Å². The van der Waals surface area contributed by atoms with Crippen LogP contribution in [0.15, 0.2) is 18.2 Å². The number of hydrogen-bond donors (Lipinski definition) is 1. The van der Waals surface area contributed by atoms with E-state index in [1.54, 1.807) is 0 Å². The van der Waals surface area contributed by atoms with E-state index in [0.29, 0.717) is 30.8 Å². The zero-order valence-electron chi connectivity index (χ0n) is 11.8. The minimum atomic E-state index is -0.369. The fourth-order valence-corrected chi connectivity index (χ4v) is 2.68. The molecule has 108 valence electrons. The second-order valence-corrected chi connectivity index (χ2v) is 5.77. The molecule has 1 atom stereocenters. The molecule has 1 aromatic carbocycles. The second-order valence-electron chi connectivity index (χ2n) is 5.77. The Kier molecular flexibility index (Phi) is 4.39. The summed E-state index contributed by atoms with van der Waals surface area (Å²) in [5.41, 5.74) is 0.782. The summed E-state index contributed by atoms with van der Waals surface area (Å²) in [6, 6.07) is 6.28. The van der Waals surface area contributed by atoms with Crippen LogP contribution in [0.25, 0.3) is 0 Å². The standard InChI is InChI=1S/C15H19FN2O2/c1-15(2)10-18(8-14(9-19)20-15)7-12-5-13(16)4-3-11(12)6-17/h3-5,14,19H,7-10H2,1-2H3. The van der Waals surface area contributed by atoms with Crippen LogP contribution in [0.5, 0.6) is 0 Å². The molecule has 1 aliphatic heterocycles. The van der Waals surface area contributed by atoms with Gasteiger partial charge in [0, 0.05) is 19.6 Å². The van der Waals surface area contributed by atoms with Crippen LogP contribution in [-0.4, -0.2) is 41.4 Å². The van der Waals surface area contributed by atoms with E-state index in [0.717, 1.165) is 0 Å². The minimum absolute atomic E-state index is 0.0474. The van der Waals surface area contributed by atoms with Crippen molar-refractivity contribution in [1.82, 2.24) is 4.90 Å². The normalized spacial score (nSPS) is 22.4. The summed E-state index contributed by atoms with van der Waals surface area (Å²) in [7, 11) is 0. The molecule has 1 heterocycles. The topological polar surface area (TPSA) is 56.5 Å². The number of rotatable bonds is 3. The van der Waals surface area contributed by atoms with Crippen LogP contribution in [0.3, 0.4) is 0 Å². The first-order chi connectivity index (χ1) is 9.43. The zero-order valence-corrected chi connectivity index (χ0v) is 11.8. The second kappa shape index (κ2) is 5.88. The van der Waals surface area contributed by atoms with Gasteiger partial charge in [-0.2, -0.15) is 5.26 Å². The Labute approximate surface area is 118 Å². The van der Waals surface area contributed by atoms with Crippen molar-refractivity contribution in [2.24, 2.45) is 0 Å². The SMILES string of the molecule is CC1(C)CN(Cc2cc(F)ccc2C#N)CC(CO)O1. The Morgan fingerprint density at radius 3 is 2.95 bits per heavy atom. The fraction of sp³-hybridized carbons (Fsp3) is 0.533. The third kappa shape index (κ3) is 3.54. The van der Waals surface area contributed by atoms with Crippen LogP contribution in [0.1, 0.15) is 25.0 Å². The number of nitriles is 1. The molecule has 2 rings (SSSR count). The highest BCUT2D eigenvalue weighted by Crippen LogP contribution is 2.23. The Morgan fingerprint density at radius 1 is 1.55 bits per heavy atom. The summed E-state index contributed by atoms with van der Waals surface area (Å²) in [5.74, 6) is -0.342. The highest BCUT2D eigenvalue weighted by Gasteiger charge is 2.33. The van der Waals surface area contributed by atoms with E-state index in [-0.39, 0.29) is 24.1 Å². The van der Waals surface area contributed by atoms with Gasteiger partial charge in [-0.3, -0.25) is 4.90 Å². The van der Waals surface area contributed by atoms with Gasteiger partial charge in [-0.15, -0.1) is 0 Å². The van der Waals surface area contributed by atoms with Crippen molar-refractivity contribution in [3.63, 3.8) is 0 Å². The van der Waals surface area contributed by atoms with E-state index in [9.17, 15) is 9.50 Å². The van der Waals surface area contributed by atoms with E-state index < -0.39 is 0 Å². The van der Waals surface area contributed by atoms with E-state index in [4.69, 9.17) is 10.00 Å². The molecular weight excluding hydrogens is 259 g/mol. The highest BCUT2D eigenvalue weighted by molar-refractivity contribution is 5.37. The van der Waals surface area contributed by atoms with Crippen LogP contribution in [0.2, 0.25) is 0 Å². The van der Waals surface area contributed by atoms with Gasteiger partial charge < -0.3 is 9.84 Å². The van der Waals surface area contributed by atoms with Crippen molar-refractivity contribution in [1.29, 1.82) is 5.26 Å². The lowest BCUT2D eigenvalue weighted by Gasteiger charge is -2.42. The molecule has 1 unspecified atom stereocenters. The van der Waals surface area contributed by atoms with E-state index >= 15 is 0 Å². The summed E-state index contributed by atoms with van der Waals surface area (Å²) in [6.07, 6.45) is -0.252. The molecule has 1 N–H and O–H groups in total. The first-order valence-corrected chi connectivity index (χ1v) is 6.63. The Morgan fingerprint density at radius 2 is 2.30 bits per heavy atom. The Hall–Kier alpha value is -1.48. The van der Waals surface area contributed by atoms with Crippen LogP contribution in [-0.2, 0) is 11.3 Å². The number of ether oxygens (including phenoxy) is 1. The van der Waals surface area contributed by atoms with Crippen molar-refractivity contribution in [3.05, 3.63) is 35.1 Å². The summed E-state index contributed by atoms with van der Waals surface area (Å²) in [6.45, 7) is 5.58. The fourth-order valence-electron chi connectivity index (χ4n) is 2.68. The summed E-state index contributed by atoms with van der Waals surface area (Å²) in [5, 5.41) is 18.4. The Bertz CT molecular complexity index is 525. The van der Waals surface area contributed by atoms with Gasteiger partial charge in [0.25, 0.3) is 0 Å². The third-order valence-electron chi connectivity index (χ3n) is 3.34. The van der Waals surface area contributed by atoms with E-state index in [2.05, 4.69) is 11.0 Å². The van der Waals surface area contributed by atoms with Gasteiger partial charge in [0.1, 0.15) is 5.82 Å². The molecule has 0 aromatic heterocycles. The molecule has 0 bridgehead atoms. The van der Waals surface area contributed by atoms with Crippen molar-refractivity contribution in [2.75, 3.05) is 19.7 Å². The predicted molar refractivity (Wildman–Crippen MR) is 72.4 cm³/mol. The quantitative estimate of drug-likeness (QED) is 0.913. The van der Waals surface area contributed by atoms with Crippen molar-refractivity contribution >= 4 is 0 Å². The predicted octanol–water partition coefficient (Wildman–Crippen LogP) is 1.67. The molecule has 1 aromatic rings. The minimum Gasteiger partial charge on any atom is -0.394 e. The molecule has 0 radical (unpaired) electrons. The first-order valence-electron chi connectivity index (χ1n) is 6.63. The molecule has 0 spiro atoms.